The maximum Gasteiger partial charge on any atom is 0.257 e. The molecule has 0 aliphatic heterocycles. The number of carbonyl (C=O) groups excluding carboxylic acids is 1. The predicted molar refractivity (Wildman–Crippen MR) is 84.3 cm³/mol. The Morgan fingerprint density at radius 3 is 2.33 bits per heavy atom. The average Bonchev–Trinajstić information content (AvgIpc) is 2.37. The highest BCUT2D eigenvalue weighted by Gasteiger charge is 2.27. The number of hydrogen-bond donors (Lipinski definition) is 1. The molecule has 1 aromatic rings. The van der Waals surface area contributed by atoms with Gasteiger partial charge in [-0.2, -0.15) is 0 Å². The lowest BCUT2D eigenvalue weighted by atomic mass is 10.1. The van der Waals surface area contributed by atoms with Gasteiger partial charge in [-0.1, -0.05) is 30.1 Å². The first-order valence-electron chi connectivity index (χ1n) is 6.46. The third-order valence-corrected chi connectivity index (χ3v) is 5.07. The molecule has 21 heavy (non-hydrogen) atoms. The number of nitrogens with zero attached hydrogens (tertiary/aromatic N) is 1. The molecule has 0 bridgehead atoms. The number of carbonyl (C=O) groups is 1. The van der Waals surface area contributed by atoms with E-state index in [0.29, 0.717) is 6.54 Å². The molecule has 118 valence electrons. The molecule has 0 fully saturated rings. The van der Waals surface area contributed by atoms with Crippen LogP contribution in [-0.4, -0.2) is 31.8 Å². The van der Waals surface area contributed by atoms with E-state index >= 15 is 0 Å². The van der Waals surface area contributed by atoms with Crippen molar-refractivity contribution in [2.45, 2.75) is 38.1 Å². The lowest BCUT2D eigenvalue weighted by Crippen LogP contribution is -2.38. The molecule has 8 heteroatoms. The Morgan fingerprint density at radius 1 is 1.33 bits per heavy atom. The smallest absolute Gasteiger partial charge is 0.257 e. The van der Waals surface area contributed by atoms with Crippen molar-refractivity contribution < 1.29 is 13.2 Å². The highest BCUT2D eigenvalue weighted by molar-refractivity contribution is 7.89. The monoisotopic (exact) mass is 352 g/mol. The summed E-state index contributed by atoms with van der Waals surface area (Å²) in [5, 5.41) is 4.95. The third-order valence-electron chi connectivity index (χ3n) is 3.30. The van der Waals surface area contributed by atoms with Crippen LogP contribution in [-0.2, 0) is 10.0 Å². The molecule has 1 amide bonds. The molecule has 1 unspecified atom stereocenters. The molecular formula is C13H18Cl2N2O3S. The van der Waals surface area contributed by atoms with Crippen molar-refractivity contribution in [1.82, 2.24) is 4.90 Å². The van der Waals surface area contributed by atoms with Crippen molar-refractivity contribution in [3.8, 4) is 0 Å². The number of halogens is 2. The molecule has 0 spiro atoms. The number of benzene rings is 1. The molecule has 1 rings (SSSR count). The van der Waals surface area contributed by atoms with E-state index in [1.54, 1.807) is 4.90 Å². The van der Waals surface area contributed by atoms with Crippen molar-refractivity contribution in [2.75, 3.05) is 6.54 Å². The molecule has 2 N–H and O–H groups in total. The van der Waals surface area contributed by atoms with Crippen LogP contribution in [0.15, 0.2) is 17.0 Å². The van der Waals surface area contributed by atoms with Gasteiger partial charge in [0.1, 0.15) is 4.90 Å². The lowest BCUT2D eigenvalue weighted by molar-refractivity contribution is 0.0700. The number of amides is 1. The van der Waals surface area contributed by atoms with E-state index in [2.05, 4.69) is 0 Å². The average molecular weight is 353 g/mol. The minimum absolute atomic E-state index is 0.0206. The Bertz CT molecular complexity index is 647. The van der Waals surface area contributed by atoms with Crippen LogP contribution in [0.4, 0.5) is 0 Å². The maximum absolute atomic E-state index is 12.6. The maximum atomic E-state index is 12.6. The first-order valence-corrected chi connectivity index (χ1v) is 8.77. The summed E-state index contributed by atoms with van der Waals surface area (Å²) in [7, 11) is -4.03. The second-order valence-electron chi connectivity index (χ2n) is 4.63. The SMILES string of the molecule is CCC(C)N(CC)C(=O)c1c(Cl)ccc(S(N)(=O)=O)c1Cl. The van der Waals surface area contributed by atoms with E-state index in [9.17, 15) is 13.2 Å². The highest BCUT2D eigenvalue weighted by atomic mass is 35.5. The van der Waals surface area contributed by atoms with Crippen LogP contribution in [0.25, 0.3) is 0 Å². The zero-order valence-electron chi connectivity index (χ0n) is 12.1. The summed E-state index contributed by atoms with van der Waals surface area (Å²) in [6.45, 7) is 6.13. The fraction of sp³-hybridized carbons (Fsp3) is 0.462. The van der Waals surface area contributed by atoms with E-state index in [1.807, 2.05) is 20.8 Å². The van der Waals surface area contributed by atoms with Gasteiger partial charge in [0.2, 0.25) is 10.0 Å². The number of nitrogens with two attached hydrogens (primary N) is 1. The third kappa shape index (κ3) is 3.88. The number of sulfonamides is 1. The molecule has 0 saturated carbocycles. The summed E-state index contributed by atoms with van der Waals surface area (Å²) < 4.78 is 23.0. The van der Waals surface area contributed by atoms with Crippen LogP contribution < -0.4 is 5.14 Å². The Morgan fingerprint density at radius 2 is 1.90 bits per heavy atom. The van der Waals surface area contributed by atoms with Gasteiger partial charge in [-0.25, -0.2) is 13.6 Å². The van der Waals surface area contributed by atoms with Crippen LogP contribution in [0.1, 0.15) is 37.6 Å². The Labute approximate surface area is 135 Å². The Balaban J connectivity index is 3.46. The fourth-order valence-electron chi connectivity index (χ4n) is 1.97. The second-order valence-corrected chi connectivity index (χ2v) is 6.94. The molecule has 5 nitrogen and oxygen atoms in total. The molecule has 0 radical (unpaired) electrons. The number of rotatable bonds is 5. The van der Waals surface area contributed by atoms with Gasteiger partial charge in [0, 0.05) is 12.6 Å². The van der Waals surface area contributed by atoms with Crippen LogP contribution in [0.5, 0.6) is 0 Å². The summed E-state index contributed by atoms with van der Waals surface area (Å²) >= 11 is 12.1. The van der Waals surface area contributed by atoms with Gasteiger partial charge in [-0.15, -0.1) is 0 Å². The molecule has 0 aliphatic rings. The summed E-state index contributed by atoms with van der Waals surface area (Å²) in [5.74, 6) is -0.410. The van der Waals surface area contributed by atoms with Crippen molar-refractivity contribution in [3.63, 3.8) is 0 Å². The van der Waals surface area contributed by atoms with Gasteiger partial charge in [0.05, 0.1) is 15.6 Å². The molecular weight excluding hydrogens is 335 g/mol. The van der Waals surface area contributed by atoms with Crippen molar-refractivity contribution in [2.24, 2.45) is 5.14 Å². The van der Waals surface area contributed by atoms with Crippen molar-refractivity contribution in [3.05, 3.63) is 27.7 Å². The van der Waals surface area contributed by atoms with Gasteiger partial charge in [-0.3, -0.25) is 4.79 Å². The Kier molecular flexibility index (Phi) is 6.04. The van der Waals surface area contributed by atoms with Crippen LogP contribution in [0.2, 0.25) is 10.0 Å². The molecule has 0 aliphatic carbocycles. The minimum Gasteiger partial charge on any atom is -0.336 e. The molecule has 1 aromatic carbocycles. The van der Waals surface area contributed by atoms with Crippen molar-refractivity contribution in [1.29, 1.82) is 0 Å². The van der Waals surface area contributed by atoms with Gasteiger partial charge < -0.3 is 4.90 Å². The quantitative estimate of drug-likeness (QED) is 0.884. The largest absolute Gasteiger partial charge is 0.336 e. The molecule has 0 heterocycles. The zero-order chi connectivity index (χ0) is 16.4. The van der Waals surface area contributed by atoms with E-state index in [-0.39, 0.29) is 26.5 Å². The van der Waals surface area contributed by atoms with Crippen LogP contribution >= 0.6 is 23.2 Å². The topological polar surface area (TPSA) is 80.5 Å². The summed E-state index contributed by atoms with van der Waals surface area (Å²) in [6.07, 6.45) is 0.754. The van der Waals surface area contributed by atoms with Gasteiger partial charge in [0.15, 0.2) is 0 Å². The minimum atomic E-state index is -4.03. The summed E-state index contributed by atoms with van der Waals surface area (Å²) in [6, 6.07) is 2.48. The van der Waals surface area contributed by atoms with Gasteiger partial charge in [0.25, 0.3) is 5.91 Å². The molecule has 1 atom stereocenters. The zero-order valence-corrected chi connectivity index (χ0v) is 14.4. The fourth-order valence-corrected chi connectivity index (χ4v) is 3.43. The van der Waals surface area contributed by atoms with E-state index in [1.165, 1.54) is 12.1 Å². The highest BCUT2D eigenvalue weighted by Crippen LogP contribution is 2.32. The van der Waals surface area contributed by atoms with Crippen LogP contribution in [0, 0.1) is 0 Å². The number of hydrogen-bond acceptors (Lipinski definition) is 3. The van der Waals surface area contributed by atoms with Gasteiger partial charge in [-0.05, 0) is 32.4 Å². The first-order chi connectivity index (χ1) is 9.65. The summed E-state index contributed by atoms with van der Waals surface area (Å²) in [5.41, 5.74) is -0.0352. The van der Waals surface area contributed by atoms with Crippen molar-refractivity contribution >= 4 is 39.1 Å². The van der Waals surface area contributed by atoms with Crippen LogP contribution in [0.3, 0.4) is 0 Å². The van der Waals surface area contributed by atoms with Gasteiger partial charge >= 0.3 is 0 Å². The first kappa shape index (κ1) is 18.2. The van der Waals surface area contributed by atoms with E-state index in [0.717, 1.165) is 6.42 Å². The lowest BCUT2D eigenvalue weighted by Gasteiger charge is -2.28. The van der Waals surface area contributed by atoms with E-state index < -0.39 is 15.9 Å². The normalized spacial score (nSPS) is 13.0. The number of primary sulfonamides is 1. The summed E-state index contributed by atoms with van der Waals surface area (Å²) in [4.78, 5) is 13.9. The standard InChI is InChI=1S/C13H18Cl2N2O3S/c1-4-8(3)17(5-2)13(18)11-9(14)6-7-10(12(11)15)21(16,19)20/h6-8H,4-5H2,1-3H3,(H2,16,19,20). The molecule has 0 saturated heterocycles. The Hall–Kier alpha value is -0.820. The molecule has 0 aromatic heterocycles. The second kappa shape index (κ2) is 6.96. The predicted octanol–water partition coefficient (Wildman–Crippen LogP) is 2.90. The van der Waals surface area contributed by atoms with E-state index in [4.69, 9.17) is 28.3 Å².